The average Bonchev–Trinajstić information content (AvgIpc) is 2.65. The molecule has 0 aliphatic rings. The molecule has 0 atom stereocenters. The first-order valence-electron chi connectivity index (χ1n) is 9.06. The van der Waals surface area contributed by atoms with Crippen molar-refractivity contribution < 1.29 is 41.0 Å². The molecular weight excluding hydrogens is 413 g/mol. The second kappa shape index (κ2) is 10.7. The number of amides is 1. The molecule has 0 radical (unpaired) electrons. The summed E-state index contributed by atoms with van der Waals surface area (Å²) < 4.78 is 78.1. The third kappa shape index (κ3) is 7.41. The van der Waals surface area contributed by atoms with E-state index in [4.69, 9.17) is 15.2 Å². The fourth-order valence-corrected chi connectivity index (χ4v) is 2.54. The number of rotatable bonds is 11. The third-order valence-electron chi connectivity index (χ3n) is 3.92. The molecule has 0 aliphatic carbocycles. The molecule has 164 valence electrons. The highest BCUT2D eigenvalue weighted by Gasteiger charge is 2.31. The van der Waals surface area contributed by atoms with Gasteiger partial charge in [0.1, 0.15) is 22.9 Å². The van der Waals surface area contributed by atoms with Crippen molar-refractivity contribution in [1.29, 1.82) is 0 Å². The molecule has 1 amide bonds. The molecule has 2 N–H and O–H groups in total. The molecular formula is C20H20F5NO4. The summed E-state index contributed by atoms with van der Waals surface area (Å²) >= 11 is 0. The molecule has 0 aromatic heterocycles. The number of primary amides is 1. The van der Waals surface area contributed by atoms with E-state index >= 15 is 0 Å². The van der Waals surface area contributed by atoms with Crippen LogP contribution in [0, 0.1) is 11.6 Å². The van der Waals surface area contributed by atoms with Crippen molar-refractivity contribution in [1.82, 2.24) is 0 Å². The summed E-state index contributed by atoms with van der Waals surface area (Å²) in [5.74, 6) is -3.53. The van der Waals surface area contributed by atoms with Crippen molar-refractivity contribution in [3.63, 3.8) is 0 Å². The Labute approximate surface area is 169 Å². The molecule has 0 saturated heterocycles. The summed E-state index contributed by atoms with van der Waals surface area (Å²) in [6, 6.07) is 7.10. The summed E-state index contributed by atoms with van der Waals surface area (Å²) in [7, 11) is 0. The van der Waals surface area contributed by atoms with E-state index in [1.807, 2.05) is 0 Å². The van der Waals surface area contributed by atoms with Crippen molar-refractivity contribution in [2.24, 2.45) is 5.73 Å². The standard InChI is InChI=1S/C20H20F5NO4/c21-15-9-10-16(18(22)17(15)19(26)27)29-12-4-2-1-3-11-28-13-5-7-14(8-6-13)30-20(23,24)25/h5-10H,1-4,11-12H2,(H2,26,27). The smallest absolute Gasteiger partial charge is 0.494 e. The Morgan fingerprint density at radius 2 is 1.40 bits per heavy atom. The largest absolute Gasteiger partial charge is 0.573 e. The summed E-state index contributed by atoms with van der Waals surface area (Å²) in [6.07, 6.45) is -1.94. The average molecular weight is 433 g/mol. The second-order valence-electron chi connectivity index (χ2n) is 6.23. The molecule has 0 spiro atoms. The van der Waals surface area contributed by atoms with Crippen molar-refractivity contribution >= 4 is 5.91 Å². The van der Waals surface area contributed by atoms with Crippen LogP contribution in [-0.2, 0) is 0 Å². The van der Waals surface area contributed by atoms with Gasteiger partial charge in [-0.1, -0.05) is 0 Å². The highest BCUT2D eigenvalue weighted by molar-refractivity contribution is 5.93. The van der Waals surface area contributed by atoms with E-state index in [1.165, 1.54) is 24.3 Å². The SMILES string of the molecule is NC(=O)c1c(F)ccc(OCCCCCCOc2ccc(OC(F)(F)F)cc2)c1F. The lowest BCUT2D eigenvalue weighted by Crippen LogP contribution is -2.16. The van der Waals surface area contributed by atoms with E-state index in [1.54, 1.807) is 0 Å². The van der Waals surface area contributed by atoms with Crippen LogP contribution in [-0.4, -0.2) is 25.5 Å². The van der Waals surface area contributed by atoms with E-state index in [0.29, 0.717) is 25.2 Å². The van der Waals surface area contributed by atoms with Crippen LogP contribution < -0.4 is 19.9 Å². The highest BCUT2D eigenvalue weighted by Crippen LogP contribution is 2.25. The number of halogens is 5. The van der Waals surface area contributed by atoms with Gasteiger partial charge in [-0.2, -0.15) is 0 Å². The maximum absolute atomic E-state index is 14.0. The van der Waals surface area contributed by atoms with E-state index in [2.05, 4.69) is 4.74 Å². The molecule has 2 rings (SSSR count). The van der Waals surface area contributed by atoms with Crippen LogP contribution in [0.25, 0.3) is 0 Å². The van der Waals surface area contributed by atoms with Gasteiger partial charge in [-0.15, -0.1) is 13.2 Å². The Kier molecular flexibility index (Phi) is 8.25. The molecule has 0 fully saturated rings. The molecule has 30 heavy (non-hydrogen) atoms. The lowest BCUT2D eigenvalue weighted by molar-refractivity contribution is -0.274. The molecule has 0 heterocycles. The molecule has 10 heteroatoms. The van der Waals surface area contributed by atoms with Gasteiger partial charge >= 0.3 is 6.36 Å². The Morgan fingerprint density at radius 1 is 0.833 bits per heavy atom. The van der Waals surface area contributed by atoms with Gasteiger partial charge in [0.05, 0.1) is 13.2 Å². The number of ether oxygens (including phenoxy) is 3. The molecule has 5 nitrogen and oxygen atoms in total. The van der Waals surface area contributed by atoms with Crippen molar-refractivity contribution in [2.75, 3.05) is 13.2 Å². The maximum atomic E-state index is 14.0. The molecule has 0 aliphatic heterocycles. The van der Waals surface area contributed by atoms with Crippen molar-refractivity contribution in [3.05, 3.63) is 53.6 Å². The lowest BCUT2D eigenvalue weighted by atomic mass is 10.1. The van der Waals surface area contributed by atoms with Gasteiger partial charge in [-0.25, -0.2) is 8.78 Å². The fraction of sp³-hybridized carbons (Fsp3) is 0.350. The van der Waals surface area contributed by atoms with Crippen LogP contribution in [0.5, 0.6) is 17.2 Å². The van der Waals surface area contributed by atoms with Crippen LogP contribution in [0.3, 0.4) is 0 Å². The highest BCUT2D eigenvalue weighted by atomic mass is 19.4. The van der Waals surface area contributed by atoms with Crippen LogP contribution in [0.15, 0.2) is 36.4 Å². The first-order valence-corrected chi connectivity index (χ1v) is 9.06. The minimum atomic E-state index is -4.74. The normalized spacial score (nSPS) is 11.2. The molecule has 2 aromatic carbocycles. The van der Waals surface area contributed by atoms with Gasteiger partial charge < -0.3 is 19.9 Å². The third-order valence-corrected chi connectivity index (χ3v) is 3.92. The number of carbonyl (C=O) groups is 1. The number of unbranched alkanes of at least 4 members (excludes halogenated alkanes) is 3. The quantitative estimate of drug-likeness (QED) is 0.401. The number of hydrogen-bond acceptors (Lipinski definition) is 4. The minimum Gasteiger partial charge on any atom is -0.494 e. The summed E-state index contributed by atoms with van der Waals surface area (Å²) in [6.45, 7) is 0.539. The number of nitrogens with two attached hydrogens (primary N) is 1. The molecule has 2 aromatic rings. The lowest BCUT2D eigenvalue weighted by Gasteiger charge is -2.10. The minimum absolute atomic E-state index is 0.169. The Bertz CT molecular complexity index is 840. The van der Waals surface area contributed by atoms with Crippen LogP contribution in [0.1, 0.15) is 36.0 Å². The predicted molar refractivity (Wildman–Crippen MR) is 97.5 cm³/mol. The van der Waals surface area contributed by atoms with Crippen molar-refractivity contribution in [2.45, 2.75) is 32.0 Å². The first kappa shape index (κ1) is 23.2. The van der Waals surface area contributed by atoms with E-state index in [0.717, 1.165) is 25.0 Å². The molecule has 0 unspecified atom stereocenters. The monoisotopic (exact) mass is 433 g/mol. The predicted octanol–water partition coefficient (Wildman–Crippen LogP) is 4.98. The Morgan fingerprint density at radius 3 is 1.97 bits per heavy atom. The summed E-state index contributed by atoms with van der Waals surface area (Å²) in [5, 5.41) is 0. The summed E-state index contributed by atoms with van der Waals surface area (Å²) in [5.41, 5.74) is 4.11. The Balaban J connectivity index is 1.62. The van der Waals surface area contributed by atoms with Gasteiger partial charge in [-0.05, 0) is 62.1 Å². The van der Waals surface area contributed by atoms with E-state index in [-0.39, 0.29) is 18.1 Å². The van der Waals surface area contributed by atoms with Gasteiger partial charge in [-0.3, -0.25) is 4.79 Å². The van der Waals surface area contributed by atoms with Crippen LogP contribution >= 0.6 is 0 Å². The maximum Gasteiger partial charge on any atom is 0.573 e. The number of carbonyl (C=O) groups excluding carboxylic acids is 1. The zero-order chi connectivity index (χ0) is 22.1. The number of benzene rings is 2. The number of alkyl halides is 3. The zero-order valence-corrected chi connectivity index (χ0v) is 15.8. The topological polar surface area (TPSA) is 70.8 Å². The van der Waals surface area contributed by atoms with Crippen LogP contribution in [0.4, 0.5) is 22.0 Å². The van der Waals surface area contributed by atoms with E-state index in [9.17, 15) is 26.7 Å². The van der Waals surface area contributed by atoms with Crippen molar-refractivity contribution in [3.8, 4) is 17.2 Å². The van der Waals surface area contributed by atoms with Gasteiger partial charge in [0, 0.05) is 0 Å². The second-order valence-corrected chi connectivity index (χ2v) is 6.23. The van der Waals surface area contributed by atoms with Gasteiger partial charge in [0.2, 0.25) is 0 Å². The van der Waals surface area contributed by atoms with Gasteiger partial charge in [0.25, 0.3) is 5.91 Å². The zero-order valence-electron chi connectivity index (χ0n) is 15.8. The molecule has 0 saturated carbocycles. The Hall–Kier alpha value is -3.04. The fourth-order valence-electron chi connectivity index (χ4n) is 2.54. The van der Waals surface area contributed by atoms with E-state index < -0.39 is 29.5 Å². The first-order chi connectivity index (χ1) is 14.2. The van der Waals surface area contributed by atoms with Crippen LogP contribution in [0.2, 0.25) is 0 Å². The summed E-state index contributed by atoms with van der Waals surface area (Å²) in [4.78, 5) is 11.1. The molecule has 0 bridgehead atoms. The number of hydrogen-bond donors (Lipinski definition) is 1. The van der Waals surface area contributed by atoms with Gasteiger partial charge in [0.15, 0.2) is 11.6 Å².